The average Bonchev–Trinajstić information content (AvgIpc) is 2.44. The zero-order valence-corrected chi connectivity index (χ0v) is 12.6. The van der Waals surface area contributed by atoms with Crippen molar-refractivity contribution in [3.05, 3.63) is 29.3 Å². The third-order valence-corrected chi connectivity index (χ3v) is 5.01. The normalized spacial score (nSPS) is 28.4. The number of carbonyl (C=O) groups is 1. The molecule has 120 valence electrons. The van der Waals surface area contributed by atoms with Crippen molar-refractivity contribution in [1.82, 2.24) is 10.2 Å². The molecule has 2 heterocycles. The summed E-state index contributed by atoms with van der Waals surface area (Å²) in [5.41, 5.74) is 4.73. The quantitative estimate of drug-likeness (QED) is 0.824. The van der Waals surface area contributed by atoms with Gasteiger partial charge in [-0.2, -0.15) is 0 Å². The summed E-state index contributed by atoms with van der Waals surface area (Å²) in [6.45, 7) is 0. The molecule has 22 heavy (non-hydrogen) atoms. The van der Waals surface area contributed by atoms with Crippen LogP contribution in [0.25, 0.3) is 0 Å². The molecule has 2 bridgehead atoms. The number of fused-ring (bicyclic) bond motifs is 2. The molecule has 3 rings (SSSR count). The first-order chi connectivity index (χ1) is 10.5. The molecule has 1 unspecified atom stereocenters. The largest absolute Gasteiger partial charge is 0.396 e. The van der Waals surface area contributed by atoms with E-state index in [1.807, 2.05) is 0 Å². The number of benzene rings is 1. The van der Waals surface area contributed by atoms with Gasteiger partial charge in [-0.25, -0.2) is 8.78 Å². The molecule has 0 spiro atoms. The van der Waals surface area contributed by atoms with Crippen LogP contribution >= 0.6 is 0 Å². The number of carbonyl (C=O) groups excluding carboxylic acids is 1. The SMILES string of the molecule is CN1[C@@H]2CCC[C@H]1CC(NC(=O)c1cc(F)c(N)cc1F)C2. The van der Waals surface area contributed by atoms with Crippen LogP contribution in [0.4, 0.5) is 14.5 Å². The van der Waals surface area contributed by atoms with Crippen molar-refractivity contribution in [1.29, 1.82) is 0 Å². The Morgan fingerprint density at radius 3 is 2.50 bits per heavy atom. The number of hydrogen-bond donors (Lipinski definition) is 2. The van der Waals surface area contributed by atoms with E-state index in [1.54, 1.807) is 0 Å². The van der Waals surface area contributed by atoms with Crippen LogP contribution in [-0.2, 0) is 0 Å². The smallest absolute Gasteiger partial charge is 0.254 e. The first-order valence-corrected chi connectivity index (χ1v) is 7.73. The number of anilines is 1. The van der Waals surface area contributed by atoms with Crippen LogP contribution in [0, 0.1) is 11.6 Å². The van der Waals surface area contributed by atoms with E-state index in [2.05, 4.69) is 17.3 Å². The fourth-order valence-electron chi connectivity index (χ4n) is 3.73. The van der Waals surface area contributed by atoms with Crippen molar-refractivity contribution in [2.45, 2.75) is 50.2 Å². The highest BCUT2D eigenvalue weighted by Gasteiger charge is 2.36. The van der Waals surface area contributed by atoms with Gasteiger partial charge >= 0.3 is 0 Å². The van der Waals surface area contributed by atoms with Gasteiger partial charge in [0.15, 0.2) is 0 Å². The van der Waals surface area contributed by atoms with Crippen LogP contribution in [0.15, 0.2) is 12.1 Å². The van der Waals surface area contributed by atoms with Gasteiger partial charge in [-0.3, -0.25) is 4.79 Å². The summed E-state index contributed by atoms with van der Waals surface area (Å²) >= 11 is 0. The Kier molecular flexibility index (Phi) is 4.04. The van der Waals surface area contributed by atoms with Crippen LogP contribution in [0.1, 0.15) is 42.5 Å². The second-order valence-electron chi connectivity index (χ2n) is 6.40. The van der Waals surface area contributed by atoms with E-state index in [1.165, 1.54) is 6.42 Å². The lowest BCUT2D eigenvalue weighted by molar-refractivity contribution is 0.0462. The van der Waals surface area contributed by atoms with Gasteiger partial charge in [0, 0.05) is 24.2 Å². The maximum Gasteiger partial charge on any atom is 0.254 e. The van der Waals surface area contributed by atoms with E-state index in [0.717, 1.165) is 37.8 Å². The van der Waals surface area contributed by atoms with E-state index in [4.69, 9.17) is 5.73 Å². The summed E-state index contributed by atoms with van der Waals surface area (Å²) in [6.07, 6.45) is 5.20. The summed E-state index contributed by atoms with van der Waals surface area (Å²) in [5, 5.41) is 2.86. The van der Waals surface area contributed by atoms with Crippen molar-refractivity contribution in [2.24, 2.45) is 0 Å². The molecule has 0 aromatic heterocycles. The highest BCUT2D eigenvalue weighted by molar-refractivity contribution is 5.95. The standard InChI is InChI=1S/C16H21F2N3O/c1-21-10-3-2-4-11(21)6-9(5-10)20-16(22)12-7-14(18)15(19)8-13(12)17/h7-11H,2-6,19H2,1H3,(H,20,22)/t9?,10-,11+. The molecule has 2 saturated heterocycles. The van der Waals surface area contributed by atoms with Crippen LogP contribution in [0.5, 0.6) is 0 Å². The van der Waals surface area contributed by atoms with E-state index >= 15 is 0 Å². The molecule has 0 saturated carbocycles. The second-order valence-corrected chi connectivity index (χ2v) is 6.40. The van der Waals surface area contributed by atoms with E-state index in [-0.39, 0.29) is 17.3 Å². The number of rotatable bonds is 2. The number of halogens is 2. The summed E-state index contributed by atoms with van der Waals surface area (Å²) in [7, 11) is 2.13. The van der Waals surface area contributed by atoms with Crippen LogP contribution in [0.2, 0.25) is 0 Å². The molecule has 1 aromatic carbocycles. The van der Waals surface area contributed by atoms with Gasteiger partial charge in [-0.1, -0.05) is 6.42 Å². The molecule has 0 radical (unpaired) electrons. The van der Waals surface area contributed by atoms with E-state index < -0.39 is 17.5 Å². The van der Waals surface area contributed by atoms with Crippen LogP contribution in [-0.4, -0.2) is 36.0 Å². The Labute approximate surface area is 128 Å². The maximum atomic E-state index is 13.8. The molecule has 2 aliphatic heterocycles. The summed E-state index contributed by atoms with van der Waals surface area (Å²) in [6, 6.07) is 2.67. The minimum absolute atomic E-state index is 0.0130. The van der Waals surface area contributed by atoms with Crippen molar-refractivity contribution >= 4 is 11.6 Å². The Hall–Kier alpha value is -1.69. The molecular formula is C16H21F2N3O. The van der Waals surface area contributed by atoms with Crippen molar-refractivity contribution in [3.8, 4) is 0 Å². The Balaban J connectivity index is 1.71. The minimum Gasteiger partial charge on any atom is -0.396 e. The van der Waals surface area contributed by atoms with Gasteiger partial charge in [0.1, 0.15) is 11.6 Å². The number of amides is 1. The molecule has 6 heteroatoms. The van der Waals surface area contributed by atoms with Gasteiger partial charge in [0.25, 0.3) is 5.91 Å². The molecular weight excluding hydrogens is 288 g/mol. The van der Waals surface area contributed by atoms with Gasteiger partial charge in [-0.15, -0.1) is 0 Å². The minimum atomic E-state index is -0.787. The molecule has 1 amide bonds. The third-order valence-electron chi connectivity index (χ3n) is 5.01. The first-order valence-electron chi connectivity index (χ1n) is 7.73. The molecule has 2 aliphatic rings. The number of nitrogens with zero attached hydrogens (tertiary/aromatic N) is 1. The van der Waals surface area contributed by atoms with E-state index in [9.17, 15) is 13.6 Å². The maximum absolute atomic E-state index is 13.8. The highest BCUT2D eigenvalue weighted by Crippen LogP contribution is 2.32. The summed E-state index contributed by atoms with van der Waals surface area (Å²) < 4.78 is 27.3. The zero-order chi connectivity index (χ0) is 15.9. The number of hydrogen-bond acceptors (Lipinski definition) is 3. The third kappa shape index (κ3) is 2.79. The molecule has 1 aromatic rings. The monoisotopic (exact) mass is 309 g/mol. The van der Waals surface area contributed by atoms with E-state index in [0.29, 0.717) is 12.1 Å². The zero-order valence-electron chi connectivity index (χ0n) is 12.6. The predicted octanol–water partition coefficient (Wildman–Crippen LogP) is 2.29. The molecule has 3 atom stereocenters. The first kappa shape index (κ1) is 15.2. The van der Waals surface area contributed by atoms with Crippen molar-refractivity contribution < 1.29 is 13.6 Å². The number of nitrogens with one attached hydrogen (secondary N) is 1. The molecule has 2 fully saturated rings. The number of nitrogens with two attached hydrogens (primary N) is 1. The van der Waals surface area contributed by atoms with Gasteiger partial charge in [0.2, 0.25) is 0 Å². The fourth-order valence-corrected chi connectivity index (χ4v) is 3.73. The summed E-state index contributed by atoms with van der Waals surface area (Å²) in [5.74, 6) is -2.12. The van der Waals surface area contributed by atoms with Crippen molar-refractivity contribution in [2.75, 3.05) is 12.8 Å². The lowest BCUT2D eigenvalue weighted by atomic mass is 9.82. The molecule has 3 N–H and O–H groups in total. The molecule has 4 nitrogen and oxygen atoms in total. The molecule has 0 aliphatic carbocycles. The number of nitrogen functional groups attached to an aromatic ring is 1. The lowest BCUT2D eigenvalue weighted by Crippen LogP contribution is -2.55. The Morgan fingerprint density at radius 1 is 1.23 bits per heavy atom. The van der Waals surface area contributed by atoms with Gasteiger partial charge in [0.05, 0.1) is 11.3 Å². The van der Waals surface area contributed by atoms with Crippen LogP contribution < -0.4 is 11.1 Å². The predicted molar refractivity (Wildman–Crippen MR) is 80.4 cm³/mol. The fraction of sp³-hybridized carbons (Fsp3) is 0.562. The summed E-state index contributed by atoms with van der Waals surface area (Å²) in [4.78, 5) is 14.6. The Morgan fingerprint density at radius 2 is 1.86 bits per heavy atom. The lowest BCUT2D eigenvalue weighted by Gasteiger charge is -2.47. The number of piperidine rings is 2. The topological polar surface area (TPSA) is 58.4 Å². The Bertz CT molecular complexity index is 579. The average molecular weight is 309 g/mol. The van der Waals surface area contributed by atoms with Crippen LogP contribution in [0.3, 0.4) is 0 Å². The van der Waals surface area contributed by atoms with Crippen molar-refractivity contribution in [3.63, 3.8) is 0 Å². The van der Waals surface area contributed by atoms with Gasteiger partial charge in [-0.05, 0) is 38.8 Å². The highest BCUT2D eigenvalue weighted by atomic mass is 19.1. The second kappa shape index (κ2) is 5.83. The van der Waals surface area contributed by atoms with Gasteiger partial charge < -0.3 is 16.0 Å².